The number of rotatable bonds is 4. The molecule has 0 radical (unpaired) electrons. The fourth-order valence-electron chi connectivity index (χ4n) is 1.77. The molecule has 1 aromatic carbocycles. The van der Waals surface area contributed by atoms with Crippen LogP contribution in [0, 0.1) is 5.82 Å². The van der Waals surface area contributed by atoms with Crippen molar-refractivity contribution in [3.63, 3.8) is 0 Å². The van der Waals surface area contributed by atoms with Crippen LogP contribution in [0.4, 0.5) is 4.39 Å². The Balaban J connectivity index is 2.32. The average molecular weight is 250 g/mol. The molecular formula is C12H15FN4O. The van der Waals surface area contributed by atoms with Gasteiger partial charge in [-0.1, -0.05) is 0 Å². The van der Waals surface area contributed by atoms with Gasteiger partial charge in [0, 0.05) is 19.0 Å². The van der Waals surface area contributed by atoms with Gasteiger partial charge in [-0.15, -0.1) is 0 Å². The summed E-state index contributed by atoms with van der Waals surface area (Å²) in [5.74, 6) is 1.63. The van der Waals surface area contributed by atoms with E-state index in [1.165, 1.54) is 12.1 Å². The first kappa shape index (κ1) is 12.5. The lowest BCUT2D eigenvalue weighted by atomic mass is 10.1. The van der Waals surface area contributed by atoms with Crippen molar-refractivity contribution >= 4 is 0 Å². The summed E-state index contributed by atoms with van der Waals surface area (Å²) in [7, 11) is 3.34. The molecule has 0 saturated carbocycles. The van der Waals surface area contributed by atoms with E-state index in [0.29, 0.717) is 18.0 Å². The van der Waals surface area contributed by atoms with E-state index in [1.54, 1.807) is 24.9 Å². The molecule has 96 valence electrons. The minimum Gasteiger partial charge on any atom is -0.496 e. The van der Waals surface area contributed by atoms with Crippen LogP contribution in [-0.2, 0) is 20.0 Å². The van der Waals surface area contributed by atoms with Crippen LogP contribution in [0.1, 0.15) is 17.2 Å². The van der Waals surface area contributed by atoms with Gasteiger partial charge in [0.05, 0.1) is 13.7 Å². The third kappa shape index (κ3) is 2.48. The summed E-state index contributed by atoms with van der Waals surface area (Å²) in [6.45, 7) is 0.286. The van der Waals surface area contributed by atoms with E-state index in [9.17, 15) is 4.39 Å². The maximum absolute atomic E-state index is 13.2. The van der Waals surface area contributed by atoms with Crippen LogP contribution < -0.4 is 10.5 Å². The first-order valence-corrected chi connectivity index (χ1v) is 5.55. The van der Waals surface area contributed by atoms with Gasteiger partial charge in [-0.2, -0.15) is 5.10 Å². The fraction of sp³-hybridized carbons (Fsp3) is 0.333. The summed E-state index contributed by atoms with van der Waals surface area (Å²) in [6, 6.07) is 4.41. The van der Waals surface area contributed by atoms with E-state index < -0.39 is 0 Å². The molecule has 0 amide bonds. The van der Waals surface area contributed by atoms with Crippen molar-refractivity contribution in [3.05, 3.63) is 41.2 Å². The third-order valence-corrected chi connectivity index (χ3v) is 2.67. The molecule has 0 saturated heterocycles. The van der Waals surface area contributed by atoms with Crippen molar-refractivity contribution < 1.29 is 9.13 Å². The van der Waals surface area contributed by atoms with Crippen molar-refractivity contribution in [1.82, 2.24) is 14.8 Å². The summed E-state index contributed by atoms with van der Waals surface area (Å²) in [5, 5.41) is 4.15. The van der Waals surface area contributed by atoms with Crippen molar-refractivity contribution in [3.8, 4) is 5.75 Å². The normalized spacial score (nSPS) is 10.7. The fourth-order valence-corrected chi connectivity index (χ4v) is 1.77. The number of benzene rings is 1. The Bertz CT molecular complexity index is 553. The zero-order valence-corrected chi connectivity index (χ0v) is 10.4. The smallest absolute Gasteiger partial charge is 0.164 e. The second-order valence-electron chi connectivity index (χ2n) is 3.90. The summed E-state index contributed by atoms with van der Waals surface area (Å²) in [6.07, 6.45) is 0.449. The van der Waals surface area contributed by atoms with Gasteiger partial charge in [-0.05, 0) is 18.2 Å². The molecule has 0 aliphatic heterocycles. The molecule has 1 aromatic heterocycles. The highest BCUT2D eigenvalue weighted by Crippen LogP contribution is 2.21. The lowest BCUT2D eigenvalue weighted by Crippen LogP contribution is -2.02. The van der Waals surface area contributed by atoms with Crippen molar-refractivity contribution in [2.45, 2.75) is 13.0 Å². The zero-order chi connectivity index (χ0) is 13.1. The molecule has 0 spiro atoms. The van der Waals surface area contributed by atoms with Crippen LogP contribution in [-0.4, -0.2) is 21.9 Å². The molecule has 2 aromatic rings. The molecule has 18 heavy (non-hydrogen) atoms. The summed E-state index contributed by atoms with van der Waals surface area (Å²) < 4.78 is 20.1. The third-order valence-electron chi connectivity index (χ3n) is 2.67. The van der Waals surface area contributed by atoms with E-state index in [4.69, 9.17) is 10.5 Å². The Kier molecular flexibility index (Phi) is 3.57. The first-order chi connectivity index (χ1) is 8.63. The minimum atomic E-state index is -0.299. The predicted octanol–water partition coefficient (Wildman–Crippen LogP) is 1.01. The first-order valence-electron chi connectivity index (χ1n) is 5.55. The molecule has 0 atom stereocenters. The molecule has 2 rings (SSSR count). The SMILES string of the molecule is COc1ccc(F)cc1Cc1nc(CN)nn1C. The van der Waals surface area contributed by atoms with E-state index in [1.807, 2.05) is 0 Å². The number of methoxy groups -OCH3 is 1. The monoisotopic (exact) mass is 250 g/mol. The molecule has 5 nitrogen and oxygen atoms in total. The largest absolute Gasteiger partial charge is 0.496 e. The Hall–Kier alpha value is -1.95. The Labute approximate surface area is 104 Å². The molecule has 6 heteroatoms. The number of aryl methyl sites for hydroxylation is 1. The van der Waals surface area contributed by atoms with Gasteiger partial charge in [-0.3, -0.25) is 4.68 Å². The van der Waals surface area contributed by atoms with Gasteiger partial charge in [0.15, 0.2) is 5.82 Å². The van der Waals surface area contributed by atoms with Crippen LogP contribution in [0.2, 0.25) is 0 Å². The predicted molar refractivity (Wildman–Crippen MR) is 64.7 cm³/mol. The molecular weight excluding hydrogens is 235 g/mol. The van der Waals surface area contributed by atoms with Crippen LogP contribution in [0.5, 0.6) is 5.75 Å². The molecule has 0 unspecified atom stereocenters. The van der Waals surface area contributed by atoms with Crippen molar-refractivity contribution in [2.24, 2.45) is 12.8 Å². The summed E-state index contributed by atoms with van der Waals surface area (Å²) in [4.78, 5) is 4.28. The summed E-state index contributed by atoms with van der Waals surface area (Å²) >= 11 is 0. The van der Waals surface area contributed by atoms with E-state index in [-0.39, 0.29) is 12.4 Å². The van der Waals surface area contributed by atoms with E-state index >= 15 is 0 Å². The number of nitrogens with zero attached hydrogens (tertiary/aromatic N) is 3. The topological polar surface area (TPSA) is 66.0 Å². The number of aromatic nitrogens is 3. The quantitative estimate of drug-likeness (QED) is 0.879. The molecule has 0 fully saturated rings. The highest BCUT2D eigenvalue weighted by atomic mass is 19.1. The average Bonchev–Trinajstić information content (AvgIpc) is 2.71. The zero-order valence-electron chi connectivity index (χ0n) is 10.4. The number of hydrogen-bond donors (Lipinski definition) is 1. The molecule has 0 bridgehead atoms. The number of hydrogen-bond acceptors (Lipinski definition) is 4. The van der Waals surface area contributed by atoms with Gasteiger partial charge < -0.3 is 10.5 Å². The number of halogens is 1. The number of nitrogens with two attached hydrogens (primary N) is 1. The van der Waals surface area contributed by atoms with Crippen molar-refractivity contribution in [2.75, 3.05) is 7.11 Å². The van der Waals surface area contributed by atoms with Gasteiger partial charge >= 0.3 is 0 Å². The Morgan fingerprint density at radius 3 is 2.83 bits per heavy atom. The van der Waals surface area contributed by atoms with Crippen LogP contribution in [0.3, 0.4) is 0 Å². The van der Waals surface area contributed by atoms with Gasteiger partial charge in [0.25, 0.3) is 0 Å². The van der Waals surface area contributed by atoms with Gasteiger partial charge in [0.2, 0.25) is 0 Å². The van der Waals surface area contributed by atoms with Gasteiger partial charge in [-0.25, -0.2) is 9.37 Å². The van der Waals surface area contributed by atoms with Crippen LogP contribution >= 0.6 is 0 Å². The van der Waals surface area contributed by atoms with Gasteiger partial charge in [0.1, 0.15) is 17.4 Å². The molecule has 0 aliphatic carbocycles. The maximum atomic E-state index is 13.2. The molecule has 2 N–H and O–H groups in total. The standard InChI is InChI=1S/C12H15FN4O/c1-17-12(15-11(7-14)16-17)6-8-5-9(13)3-4-10(8)18-2/h3-5H,6-7,14H2,1-2H3. The van der Waals surface area contributed by atoms with Crippen LogP contribution in [0.15, 0.2) is 18.2 Å². The van der Waals surface area contributed by atoms with Crippen LogP contribution in [0.25, 0.3) is 0 Å². The molecule has 1 heterocycles. The highest BCUT2D eigenvalue weighted by molar-refractivity contribution is 5.35. The Morgan fingerprint density at radius 1 is 1.44 bits per heavy atom. The van der Waals surface area contributed by atoms with E-state index in [0.717, 1.165) is 11.4 Å². The summed E-state index contributed by atoms with van der Waals surface area (Å²) in [5.41, 5.74) is 6.22. The Morgan fingerprint density at radius 2 is 2.22 bits per heavy atom. The maximum Gasteiger partial charge on any atom is 0.164 e. The lowest BCUT2D eigenvalue weighted by Gasteiger charge is -2.07. The second kappa shape index (κ2) is 5.14. The minimum absolute atomic E-state index is 0.286. The highest BCUT2D eigenvalue weighted by Gasteiger charge is 2.11. The van der Waals surface area contributed by atoms with E-state index in [2.05, 4.69) is 10.1 Å². The second-order valence-corrected chi connectivity index (χ2v) is 3.90. The number of ether oxygens (including phenoxy) is 1. The molecule has 0 aliphatic rings. The van der Waals surface area contributed by atoms with Crippen molar-refractivity contribution in [1.29, 1.82) is 0 Å². The lowest BCUT2D eigenvalue weighted by molar-refractivity contribution is 0.408.